The molecule has 86 valence electrons. The van der Waals surface area contributed by atoms with E-state index in [0.717, 1.165) is 38.9 Å². The Morgan fingerprint density at radius 2 is 1.93 bits per heavy atom. The third kappa shape index (κ3) is 2.49. The highest BCUT2D eigenvalue weighted by Gasteiger charge is 2.40. The topological polar surface area (TPSA) is 47.6 Å². The molecule has 1 saturated carbocycles. The largest absolute Gasteiger partial charge is 0.359 e. The van der Waals surface area contributed by atoms with Crippen LogP contribution in [0.4, 0.5) is 0 Å². The second kappa shape index (κ2) is 4.49. The van der Waals surface area contributed by atoms with Gasteiger partial charge in [-0.1, -0.05) is 0 Å². The molecule has 1 aliphatic carbocycles. The number of rotatable bonds is 2. The summed E-state index contributed by atoms with van der Waals surface area (Å²) in [6, 6.07) is 0. The fourth-order valence-corrected chi connectivity index (χ4v) is 2.47. The van der Waals surface area contributed by atoms with Gasteiger partial charge < -0.3 is 14.8 Å². The van der Waals surface area contributed by atoms with E-state index in [0.29, 0.717) is 12.3 Å². The summed E-state index contributed by atoms with van der Waals surface area (Å²) in [5.74, 6) is 0.353. The highest BCUT2D eigenvalue weighted by atomic mass is 16.7. The van der Waals surface area contributed by atoms with E-state index in [4.69, 9.17) is 9.47 Å². The number of hydrogen-bond donors (Lipinski definition) is 1. The summed E-state index contributed by atoms with van der Waals surface area (Å²) in [4.78, 5) is 11.2. The van der Waals surface area contributed by atoms with Crippen molar-refractivity contribution in [3.8, 4) is 0 Å². The lowest BCUT2D eigenvalue weighted by Crippen LogP contribution is -2.36. The molecule has 15 heavy (non-hydrogen) atoms. The number of nitrogens with one attached hydrogen (secondary N) is 1. The Morgan fingerprint density at radius 3 is 2.47 bits per heavy atom. The van der Waals surface area contributed by atoms with Gasteiger partial charge >= 0.3 is 0 Å². The van der Waals surface area contributed by atoms with Crippen LogP contribution in [0.1, 0.15) is 32.1 Å². The fraction of sp³-hybridized carbons (Fsp3) is 0.909. The molecule has 0 aromatic carbocycles. The minimum absolute atomic E-state index is 0.143. The highest BCUT2D eigenvalue weighted by molar-refractivity contribution is 5.75. The Balaban J connectivity index is 1.79. The van der Waals surface area contributed by atoms with Crippen LogP contribution in [0.15, 0.2) is 0 Å². The van der Waals surface area contributed by atoms with Gasteiger partial charge in [-0.25, -0.2) is 0 Å². The first kappa shape index (κ1) is 10.9. The zero-order chi connectivity index (χ0) is 10.7. The van der Waals surface area contributed by atoms with Crippen molar-refractivity contribution in [1.82, 2.24) is 5.32 Å². The van der Waals surface area contributed by atoms with Crippen molar-refractivity contribution in [3.05, 3.63) is 0 Å². The maximum absolute atomic E-state index is 11.2. The predicted octanol–water partition coefficient (Wildman–Crippen LogP) is 1.06. The normalized spacial score (nSPS) is 25.7. The Kier molecular flexibility index (Phi) is 3.26. The van der Waals surface area contributed by atoms with Crippen LogP contribution in [0, 0.1) is 5.92 Å². The van der Waals surface area contributed by atoms with Gasteiger partial charge in [0.2, 0.25) is 5.91 Å². The van der Waals surface area contributed by atoms with Crippen molar-refractivity contribution in [2.45, 2.75) is 37.9 Å². The molecule has 2 rings (SSSR count). The van der Waals surface area contributed by atoms with Crippen LogP contribution in [-0.4, -0.2) is 32.0 Å². The molecule has 4 heteroatoms. The van der Waals surface area contributed by atoms with E-state index in [1.54, 1.807) is 7.05 Å². The first-order valence-electron chi connectivity index (χ1n) is 5.73. The highest BCUT2D eigenvalue weighted by Crippen LogP contribution is 2.39. The average molecular weight is 213 g/mol. The molecule has 0 aromatic heterocycles. The summed E-state index contributed by atoms with van der Waals surface area (Å²) >= 11 is 0. The van der Waals surface area contributed by atoms with Crippen molar-refractivity contribution < 1.29 is 14.3 Å². The van der Waals surface area contributed by atoms with Gasteiger partial charge in [0.05, 0.1) is 13.2 Å². The number of hydrogen-bond acceptors (Lipinski definition) is 3. The van der Waals surface area contributed by atoms with Crippen molar-refractivity contribution in [1.29, 1.82) is 0 Å². The molecule has 0 unspecified atom stereocenters. The molecule has 1 amide bonds. The lowest BCUT2D eigenvalue weighted by atomic mass is 9.83. The predicted molar refractivity (Wildman–Crippen MR) is 55.3 cm³/mol. The summed E-state index contributed by atoms with van der Waals surface area (Å²) < 4.78 is 11.3. The molecule has 0 atom stereocenters. The van der Waals surface area contributed by atoms with E-state index >= 15 is 0 Å². The summed E-state index contributed by atoms with van der Waals surface area (Å²) in [5.41, 5.74) is 0. The minimum atomic E-state index is -0.292. The van der Waals surface area contributed by atoms with Gasteiger partial charge in [0, 0.05) is 26.3 Å². The van der Waals surface area contributed by atoms with E-state index in [-0.39, 0.29) is 11.7 Å². The molecular formula is C11H19NO3. The summed E-state index contributed by atoms with van der Waals surface area (Å²) in [7, 11) is 1.69. The first-order chi connectivity index (χ1) is 7.24. The Bertz CT molecular complexity index is 226. The smallest absolute Gasteiger partial charge is 0.220 e. The third-order valence-electron chi connectivity index (χ3n) is 3.43. The van der Waals surface area contributed by atoms with Crippen molar-refractivity contribution in [2.75, 3.05) is 20.3 Å². The zero-order valence-corrected chi connectivity index (χ0v) is 9.25. The van der Waals surface area contributed by atoms with Crippen LogP contribution >= 0.6 is 0 Å². The fourth-order valence-electron chi connectivity index (χ4n) is 2.47. The molecule has 1 spiro atoms. The summed E-state index contributed by atoms with van der Waals surface area (Å²) in [6.07, 6.45) is 4.59. The molecule has 4 nitrogen and oxygen atoms in total. The Hall–Kier alpha value is -0.610. The molecule has 2 aliphatic rings. The van der Waals surface area contributed by atoms with Crippen LogP contribution in [0.3, 0.4) is 0 Å². The SMILES string of the molecule is CNC(=O)CC1CCC2(CC1)OCCO2. The number of carbonyl (C=O) groups is 1. The van der Waals surface area contributed by atoms with E-state index in [1.165, 1.54) is 0 Å². The van der Waals surface area contributed by atoms with Crippen molar-refractivity contribution in [2.24, 2.45) is 5.92 Å². The number of amides is 1. The molecule has 1 saturated heterocycles. The molecule has 0 bridgehead atoms. The molecule has 2 fully saturated rings. The van der Waals surface area contributed by atoms with Crippen LogP contribution in [0.5, 0.6) is 0 Å². The summed E-state index contributed by atoms with van der Waals surface area (Å²) in [6.45, 7) is 1.44. The molecular weight excluding hydrogens is 194 g/mol. The van der Waals surface area contributed by atoms with Crippen LogP contribution < -0.4 is 5.32 Å². The van der Waals surface area contributed by atoms with Gasteiger partial charge in [-0.2, -0.15) is 0 Å². The second-order valence-corrected chi connectivity index (χ2v) is 4.43. The Labute approximate surface area is 90.3 Å². The van der Waals surface area contributed by atoms with E-state index in [1.807, 2.05) is 0 Å². The van der Waals surface area contributed by atoms with Gasteiger partial charge in [0.25, 0.3) is 0 Å². The Morgan fingerprint density at radius 1 is 1.33 bits per heavy atom. The maximum Gasteiger partial charge on any atom is 0.220 e. The third-order valence-corrected chi connectivity index (χ3v) is 3.43. The standard InChI is InChI=1S/C11H19NO3/c1-12-10(13)8-9-2-4-11(5-3-9)14-6-7-15-11/h9H,2-8H2,1H3,(H,12,13). The maximum atomic E-state index is 11.2. The van der Waals surface area contributed by atoms with Gasteiger partial charge in [-0.3, -0.25) is 4.79 Å². The zero-order valence-electron chi connectivity index (χ0n) is 9.25. The first-order valence-corrected chi connectivity index (χ1v) is 5.73. The van der Waals surface area contributed by atoms with Crippen LogP contribution in [0.25, 0.3) is 0 Å². The molecule has 0 aromatic rings. The molecule has 1 heterocycles. The van der Waals surface area contributed by atoms with Crippen LogP contribution in [0.2, 0.25) is 0 Å². The van der Waals surface area contributed by atoms with Gasteiger partial charge in [0.15, 0.2) is 5.79 Å². The van der Waals surface area contributed by atoms with E-state index in [9.17, 15) is 4.79 Å². The van der Waals surface area contributed by atoms with Crippen molar-refractivity contribution in [3.63, 3.8) is 0 Å². The van der Waals surface area contributed by atoms with Crippen molar-refractivity contribution >= 4 is 5.91 Å². The molecule has 1 aliphatic heterocycles. The minimum Gasteiger partial charge on any atom is -0.359 e. The van der Waals surface area contributed by atoms with Gasteiger partial charge in [0.1, 0.15) is 0 Å². The average Bonchev–Trinajstić information content (AvgIpc) is 2.70. The lowest BCUT2D eigenvalue weighted by Gasteiger charge is -2.35. The quantitative estimate of drug-likeness (QED) is 0.746. The van der Waals surface area contributed by atoms with Gasteiger partial charge in [-0.15, -0.1) is 0 Å². The van der Waals surface area contributed by atoms with E-state index in [2.05, 4.69) is 5.32 Å². The molecule has 0 radical (unpaired) electrons. The second-order valence-electron chi connectivity index (χ2n) is 4.43. The molecule has 1 N–H and O–H groups in total. The van der Waals surface area contributed by atoms with Crippen LogP contribution in [-0.2, 0) is 14.3 Å². The van der Waals surface area contributed by atoms with E-state index < -0.39 is 0 Å². The van der Waals surface area contributed by atoms with Gasteiger partial charge in [-0.05, 0) is 18.8 Å². The monoisotopic (exact) mass is 213 g/mol. The lowest BCUT2D eigenvalue weighted by molar-refractivity contribution is -0.183. The number of carbonyl (C=O) groups excluding carboxylic acids is 1. The number of ether oxygens (including phenoxy) is 2. The summed E-state index contributed by atoms with van der Waals surface area (Å²) in [5, 5.41) is 2.67.